The summed E-state index contributed by atoms with van der Waals surface area (Å²) in [6.45, 7) is 8.13. The van der Waals surface area contributed by atoms with Crippen LogP contribution in [0.5, 0.6) is 0 Å². The molecule has 5 heteroatoms. The van der Waals surface area contributed by atoms with Crippen molar-refractivity contribution in [2.75, 3.05) is 44.7 Å². The SMILES string of the molecule is CN(CC1(C)CCNC1)C1CCN(c2cnccn2)CC1. The molecule has 21 heavy (non-hydrogen) atoms. The van der Waals surface area contributed by atoms with E-state index in [-0.39, 0.29) is 0 Å². The number of aromatic nitrogens is 2. The van der Waals surface area contributed by atoms with E-state index in [4.69, 9.17) is 0 Å². The number of hydrogen-bond acceptors (Lipinski definition) is 5. The maximum atomic E-state index is 4.41. The normalized spacial score (nSPS) is 27.5. The van der Waals surface area contributed by atoms with Gasteiger partial charge in [0.05, 0.1) is 6.20 Å². The smallest absolute Gasteiger partial charge is 0.147 e. The predicted octanol–water partition coefficient (Wildman–Crippen LogP) is 1.38. The van der Waals surface area contributed by atoms with Crippen molar-refractivity contribution in [3.05, 3.63) is 18.6 Å². The molecule has 1 aromatic rings. The Balaban J connectivity index is 1.51. The molecule has 1 N–H and O–H groups in total. The van der Waals surface area contributed by atoms with Crippen LogP contribution in [0.4, 0.5) is 5.82 Å². The van der Waals surface area contributed by atoms with Crippen molar-refractivity contribution in [3.63, 3.8) is 0 Å². The third-order valence-electron chi connectivity index (χ3n) is 5.05. The van der Waals surface area contributed by atoms with Gasteiger partial charge in [-0.15, -0.1) is 0 Å². The second-order valence-corrected chi connectivity index (χ2v) is 6.93. The zero-order valence-electron chi connectivity index (χ0n) is 13.3. The van der Waals surface area contributed by atoms with E-state index in [1.54, 1.807) is 12.4 Å². The van der Waals surface area contributed by atoms with Gasteiger partial charge in [0.25, 0.3) is 0 Å². The van der Waals surface area contributed by atoms with Crippen molar-refractivity contribution in [1.29, 1.82) is 0 Å². The van der Waals surface area contributed by atoms with Crippen molar-refractivity contribution in [1.82, 2.24) is 20.2 Å². The molecule has 1 atom stereocenters. The standard InChI is InChI=1S/C16H27N5/c1-16(5-6-18-12-16)13-20(2)14-3-9-21(10-4-14)15-11-17-7-8-19-15/h7-8,11,14,18H,3-6,9-10,12-13H2,1-2H3. The van der Waals surface area contributed by atoms with E-state index in [2.05, 4.69) is 39.1 Å². The van der Waals surface area contributed by atoms with Crippen LogP contribution in [0.15, 0.2) is 18.6 Å². The topological polar surface area (TPSA) is 44.3 Å². The van der Waals surface area contributed by atoms with Crippen LogP contribution >= 0.6 is 0 Å². The Morgan fingerprint density at radius 1 is 1.38 bits per heavy atom. The molecule has 2 fully saturated rings. The van der Waals surface area contributed by atoms with Crippen molar-refractivity contribution in [2.24, 2.45) is 5.41 Å². The first-order valence-electron chi connectivity index (χ1n) is 8.08. The highest BCUT2D eigenvalue weighted by Crippen LogP contribution is 2.28. The Morgan fingerprint density at radius 2 is 2.19 bits per heavy atom. The molecule has 2 aliphatic heterocycles. The molecule has 2 saturated heterocycles. The minimum absolute atomic E-state index is 0.455. The highest BCUT2D eigenvalue weighted by molar-refractivity contribution is 5.35. The predicted molar refractivity (Wildman–Crippen MR) is 85.5 cm³/mol. The minimum atomic E-state index is 0.455. The fraction of sp³-hybridized carbons (Fsp3) is 0.750. The maximum absolute atomic E-state index is 4.41. The van der Waals surface area contributed by atoms with Gasteiger partial charge < -0.3 is 15.1 Å². The Morgan fingerprint density at radius 3 is 2.81 bits per heavy atom. The zero-order valence-corrected chi connectivity index (χ0v) is 13.3. The highest BCUT2D eigenvalue weighted by atomic mass is 15.2. The summed E-state index contributed by atoms with van der Waals surface area (Å²) < 4.78 is 0. The lowest BCUT2D eigenvalue weighted by Crippen LogP contribution is -2.47. The van der Waals surface area contributed by atoms with Crippen LogP contribution < -0.4 is 10.2 Å². The monoisotopic (exact) mass is 289 g/mol. The molecule has 0 amide bonds. The first-order chi connectivity index (χ1) is 10.2. The van der Waals surface area contributed by atoms with Gasteiger partial charge in [-0.05, 0) is 38.3 Å². The molecule has 0 aromatic carbocycles. The summed E-state index contributed by atoms with van der Waals surface area (Å²) in [7, 11) is 2.30. The summed E-state index contributed by atoms with van der Waals surface area (Å²) in [5, 5.41) is 3.50. The van der Waals surface area contributed by atoms with Crippen LogP contribution in [-0.2, 0) is 0 Å². The van der Waals surface area contributed by atoms with Crippen molar-refractivity contribution < 1.29 is 0 Å². The number of nitrogens with one attached hydrogen (secondary N) is 1. The highest BCUT2D eigenvalue weighted by Gasteiger charge is 2.32. The van der Waals surface area contributed by atoms with Crippen LogP contribution in [0.3, 0.4) is 0 Å². The van der Waals surface area contributed by atoms with Gasteiger partial charge in [-0.25, -0.2) is 4.98 Å². The van der Waals surface area contributed by atoms with Crippen molar-refractivity contribution in [3.8, 4) is 0 Å². The quantitative estimate of drug-likeness (QED) is 0.907. The summed E-state index contributed by atoms with van der Waals surface area (Å²) in [4.78, 5) is 13.5. The summed E-state index contributed by atoms with van der Waals surface area (Å²) in [5.74, 6) is 1.02. The molecule has 116 valence electrons. The van der Waals surface area contributed by atoms with Gasteiger partial charge in [0.2, 0.25) is 0 Å². The minimum Gasteiger partial charge on any atom is -0.355 e. The number of rotatable bonds is 4. The van der Waals surface area contributed by atoms with Gasteiger partial charge in [0, 0.05) is 44.6 Å². The van der Waals surface area contributed by atoms with Crippen molar-refractivity contribution in [2.45, 2.75) is 32.2 Å². The lowest BCUT2D eigenvalue weighted by molar-refractivity contribution is 0.141. The fourth-order valence-corrected chi connectivity index (χ4v) is 3.73. The Hall–Kier alpha value is -1.20. The van der Waals surface area contributed by atoms with Gasteiger partial charge in [0.1, 0.15) is 5.82 Å². The van der Waals surface area contributed by atoms with Crippen LogP contribution in [0.25, 0.3) is 0 Å². The molecule has 3 rings (SSSR count). The average molecular weight is 289 g/mol. The number of hydrogen-bond donors (Lipinski definition) is 1. The zero-order chi connectivity index (χ0) is 14.7. The Labute approximate surface area is 127 Å². The van der Waals surface area contributed by atoms with Gasteiger partial charge in [-0.1, -0.05) is 6.92 Å². The molecular formula is C16H27N5. The molecule has 1 aromatic heterocycles. The number of piperidine rings is 1. The first-order valence-corrected chi connectivity index (χ1v) is 8.08. The third-order valence-corrected chi connectivity index (χ3v) is 5.05. The lowest BCUT2D eigenvalue weighted by Gasteiger charge is -2.40. The molecular weight excluding hydrogens is 262 g/mol. The number of anilines is 1. The third kappa shape index (κ3) is 3.52. The molecule has 0 spiro atoms. The molecule has 3 heterocycles. The number of nitrogens with zero attached hydrogens (tertiary/aromatic N) is 4. The lowest BCUT2D eigenvalue weighted by atomic mass is 9.88. The maximum Gasteiger partial charge on any atom is 0.147 e. The first kappa shape index (κ1) is 14.7. The molecule has 0 saturated carbocycles. The van der Waals surface area contributed by atoms with Crippen molar-refractivity contribution >= 4 is 5.82 Å². The van der Waals surface area contributed by atoms with Gasteiger partial charge in [0.15, 0.2) is 0 Å². The Bertz CT molecular complexity index is 435. The summed E-state index contributed by atoms with van der Waals surface area (Å²) >= 11 is 0. The summed E-state index contributed by atoms with van der Waals surface area (Å²) in [6.07, 6.45) is 9.13. The van der Waals surface area contributed by atoms with Gasteiger partial charge in [-0.3, -0.25) is 4.98 Å². The van der Waals surface area contributed by atoms with E-state index in [0.717, 1.165) is 25.5 Å². The second kappa shape index (κ2) is 6.28. The average Bonchev–Trinajstić information content (AvgIpc) is 2.94. The van der Waals surface area contributed by atoms with E-state index in [1.807, 2.05) is 6.20 Å². The van der Waals surface area contributed by atoms with Crippen LogP contribution in [0, 0.1) is 5.41 Å². The van der Waals surface area contributed by atoms with E-state index < -0.39 is 0 Å². The summed E-state index contributed by atoms with van der Waals surface area (Å²) in [6, 6.07) is 0.704. The van der Waals surface area contributed by atoms with E-state index in [0.29, 0.717) is 11.5 Å². The van der Waals surface area contributed by atoms with Crippen LogP contribution in [-0.4, -0.2) is 60.7 Å². The molecule has 1 unspecified atom stereocenters. The molecule has 5 nitrogen and oxygen atoms in total. The van der Waals surface area contributed by atoms with E-state index in [1.165, 1.54) is 32.4 Å². The molecule has 0 radical (unpaired) electrons. The van der Waals surface area contributed by atoms with E-state index >= 15 is 0 Å². The summed E-state index contributed by atoms with van der Waals surface area (Å²) in [5.41, 5.74) is 0.455. The molecule has 0 bridgehead atoms. The van der Waals surface area contributed by atoms with E-state index in [9.17, 15) is 0 Å². The second-order valence-electron chi connectivity index (χ2n) is 6.93. The molecule has 2 aliphatic rings. The van der Waals surface area contributed by atoms with Crippen LogP contribution in [0.2, 0.25) is 0 Å². The largest absolute Gasteiger partial charge is 0.355 e. The molecule has 0 aliphatic carbocycles. The van der Waals surface area contributed by atoms with Crippen LogP contribution in [0.1, 0.15) is 26.2 Å². The van der Waals surface area contributed by atoms with Gasteiger partial charge >= 0.3 is 0 Å². The fourth-order valence-electron chi connectivity index (χ4n) is 3.73. The van der Waals surface area contributed by atoms with Gasteiger partial charge in [-0.2, -0.15) is 0 Å². The Kier molecular flexibility index (Phi) is 4.40.